The van der Waals surface area contributed by atoms with Gasteiger partial charge in [0.05, 0.1) is 12.5 Å². The summed E-state index contributed by atoms with van der Waals surface area (Å²) in [6, 6.07) is 17.6. The molecule has 0 aliphatic rings. The summed E-state index contributed by atoms with van der Waals surface area (Å²) in [5.74, 6) is -0.405. The molecule has 3 N–H and O–H groups in total. The highest BCUT2D eigenvalue weighted by Crippen LogP contribution is 2.23. The molecule has 0 fully saturated rings. The molecule has 1 heterocycles. The first kappa shape index (κ1) is 20.9. The zero-order valence-corrected chi connectivity index (χ0v) is 16.5. The number of para-hydroxylation sites is 2. The van der Waals surface area contributed by atoms with Crippen molar-refractivity contribution < 1.29 is 23.5 Å². The van der Waals surface area contributed by atoms with Crippen molar-refractivity contribution in [1.82, 2.24) is 10.6 Å². The first-order valence-corrected chi connectivity index (χ1v) is 9.54. The molecular weight excluding hydrogens is 386 g/mol. The number of furan rings is 1. The number of amides is 3. The van der Waals surface area contributed by atoms with E-state index in [2.05, 4.69) is 16.0 Å². The Kier molecular flexibility index (Phi) is 7.05. The average Bonchev–Trinajstić information content (AvgIpc) is 3.17. The van der Waals surface area contributed by atoms with Gasteiger partial charge in [-0.2, -0.15) is 0 Å². The Morgan fingerprint density at radius 3 is 2.53 bits per heavy atom. The number of fused-ring (bicyclic) bond motifs is 1. The van der Waals surface area contributed by atoms with Gasteiger partial charge in [0.2, 0.25) is 0 Å². The molecule has 0 aliphatic heterocycles. The molecule has 0 saturated heterocycles. The fraction of sp³-hybridized carbons (Fsp3) is 0.227. The van der Waals surface area contributed by atoms with Gasteiger partial charge in [0.1, 0.15) is 11.3 Å². The highest BCUT2D eigenvalue weighted by molar-refractivity contribution is 5.89. The zero-order chi connectivity index (χ0) is 21.3. The zero-order valence-electron chi connectivity index (χ0n) is 16.5. The van der Waals surface area contributed by atoms with Crippen LogP contribution in [0.1, 0.15) is 25.1 Å². The largest absolute Gasteiger partial charge is 0.459 e. The molecule has 1 atom stereocenters. The third-order valence-corrected chi connectivity index (χ3v) is 4.26. The number of benzene rings is 2. The molecule has 1 aromatic heterocycles. The van der Waals surface area contributed by atoms with Gasteiger partial charge in [-0.1, -0.05) is 36.4 Å². The van der Waals surface area contributed by atoms with E-state index < -0.39 is 24.5 Å². The second-order valence-corrected chi connectivity index (χ2v) is 6.63. The van der Waals surface area contributed by atoms with E-state index in [0.717, 1.165) is 11.0 Å². The maximum absolute atomic E-state index is 12.0. The molecular formula is C22H23N3O5. The molecule has 0 radical (unpaired) electrons. The lowest BCUT2D eigenvalue weighted by Crippen LogP contribution is -2.33. The summed E-state index contributed by atoms with van der Waals surface area (Å²) in [5.41, 5.74) is 1.39. The molecule has 8 heteroatoms. The van der Waals surface area contributed by atoms with Crippen molar-refractivity contribution in [2.45, 2.75) is 19.4 Å². The Hall–Kier alpha value is -3.81. The molecule has 3 rings (SSSR count). The third-order valence-electron chi connectivity index (χ3n) is 4.26. The Balaban J connectivity index is 1.34. The molecule has 3 amide bonds. The van der Waals surface area contributed by atoms with Crippen molar-refractivity contribution in [3.63, 3.8) is 0 Å². The lowest BCUT2D eigenvalue weighted by atomic mass is 10.2. The molecule has 156 valence electrons. The number of esters is 1. The summed E-state index contributed by atoms with van der Waals surface area (Å²) < 4.78 is 10.7. The second-order valence-electron chi connectivity index (χ2n) is 6.63. The van der Waals surface area contributed by atoms with Gasteiger partial charge >= 0.3 is 12.0 Å². The topological polar surface area (TPSA) is 110 Å². The quantitative estimate of drug-likeness (QED) is 0.494. The van der Waals surface area contributed by atoms with Gasteiger partial charge in [-0.25, -0.2) is 4.79 Å². The molecule has 0 bridgehead atoms. The van der Waals surface area contributed by atoms with Crippen molar-refractivity contribution in [3.05, 3.63) is 66.4 Å². The molecule has 30 heavy (non-hydrogen) atoms. The van der Waals surface area contributed by atoms with Gasteiger partial charge in [-0.3, -0.25) is 9.59 Å². The second kappa shape index (κ2) is 10.1. The average molecular weight is 409 g/mol. The standard InChI is InChI=1S/C22H23N3O5/c1-15(19-13-16-7-5-6-10-18(16)30-19)24-20(26)14-29-21(27)11-12-23-22(28)25-17-8-3-2-4-9-17/h2-10,13,15H,11-12,14H2,1H3,(H,24,26)(H2,23,25,28)/t15-/m0/s1. The Morgan fingerprint density at radius 1 is 1.03 bits per heavy atom. The highest BCUT2D eigenvalue weighted by atomic mass is 16.5. The first-order chi connectivity index (χ1) is 14.5. The molecule has 0 unspecified atom stereocenters. The fourth-order valence-corrected chi connectivity index (χ4v) is 2.76. The van der Waals surface area contributed by atoms with Gasteiger partial charge in [-0.05, 0) is 31.2 Å². The predicted octanol–water partition coefficient (Wildman–Crippen LogP) is 3.37. The Labute approximate surface area is 173 Å². The van der Waals surface area contributed by atoms with Crippen molar-refractivity contribution in [2.24, 2.45) is 0 Å². The lowest BCUT2D eigenvalue weighted by Gasteiger charge is -2.12. The number of urea groups is 1. The monoisotopic (exact) mass is 409 g/mol. The van der Waals surface area contributed by atoms with E-state index in [9.17, 15) is 14.4 Å². The number of anilines is 1. The van der Waals surface area contributed by atoms with E-state index in [1.165, 1.54) is 0 Å². The van der Waals surface area contributed by atoms with E-state index in [0.29, 0.717) is 11.4 Å². The van der Waals surface area contributed by atoms with Crippen LogP contribution in [-0.4, -0.2) is 31.1 Å². The molecule has 2 aromatic carbocycles. The van der Waals surface area contributed by atoms with Gasteiger partial charge < -0.3 is 25.1 Å². The minimum Gasteiger partial charge on any atom is -0.459 e. The summed E-state index contributed by atoms with van der Waals surface area (Å²) in [6.07, 6.45) is -0.0470. The number of nitrogens with one attached hydrogen (secondary N) is 3. The van der Waals surface area contributed by atoms with E-state index in [-0.39, 0.29) is 19.0 Å². The van der Waals surface area contributed by atoms with Crippen LogP contribution in [0.4, 0.5) is 10.5 Å². The van der Waals surface area contributed by atoms with E-state index in [1.807, 2.05) is 36.4 Å². The van der Waals surface area contributed by atoms with Gasteiger partial charge in [0, 0.05) is 17.6 Å². The van der Waals surface area contributed by atoms with Crippen molar-refractivity contribution in [3.8, 4) is 0 Å². The maximum Gasteiger partial charge on any atom is 0.319 e. The summed E-state index contributed by atoms with van der Waals surface area (Å²) >= 11 is 0. The van der Waals surface area contributed by atoms with Crippen LogP contribution in [0.25, 0.3) is 11.0 Å². The van der Waals surface area contributed by atoms with Crippen LogP contribution in [0.3, 0.4) is 0 Å². The van der Waals surface area contributed by atoms with Gasteiger partial charge in [0.25, 0.3) is 5.91 Å². The number of hydrogen-bond donors (Lipinski definition) is 3. The summed E-state index contributed by atoms with van der Waals surface area (Å²) in [5, 5.41) is 8.86. The van der Waals surface area contributed by atoms with Crippen LogP contribution in [-0.2, 0) is 14.3 Å². The number of ether oxygens (including phenoxy) is 1. The number of carbonyl (C=O) groups is 3. The van der Waals surface area contributed by atoms with Crippen LogP contribution in [0.5, 0.6) is 0 Å². The van der Waals surface area contributed by atoms with E-state index in [4.69, 9.17) is 9.15 Å². The van der Waals surface area contributed by atoms with Gasteiger partial charge in [0.15, 0.2) is 6.61 Å². The van der Waals surface area contributed by atoms with Crippen LogP contribution in [0, 0.1) is 0 Å². The number of hydrogen-bond acceptors (Lipinski definition) is 5. The van der Waals surface area contributed by atoms with Crippen molar-refractivity contribution in [2.75, 3.05) is 18.5 Å². The van der Waals surface area contributed by atoms with Crippen LogP contribution < -0.4 is 16.0 Å². The number of carbonyl (C=O) groups excluding carboxylic acids is 3. The van der Waals surface area contributed by atoms with Crippen LogP contribution in [0.2, 0.25) is 0 Å². The molecule has 3 aromatic rings. The lowest BCUT2D eigenvalue weighted by molar-refractivity contribution is -0.148. The van der Waals surface area contributed by atoms with Crippen LogP contribution in [0.15, 0.2) is 65.1 Å². The smallest absolute Gasteiger partial charge is 0.319 e. The molecule has 0 saturated carbocycles. The summed E-state index contributed by atoms with van der Waals surface area (Å²) in [6.45, 7) is 1.47. The predicted molar refractivity (Wildman–Crippen MR) is 112 cm³/mol. The molecule has 8 nitrogen and oxygen atoms in total. The molecule has 0 aliphatic carbocycles. The number of rotatable bonds is 8. The third kappa shape index (κ3) is 6.10. The first-order valence-electron chi connectivity index (χ1n) is 9.54. The Bertz CT molecular complexity index is 983. The summed E-state index contributed by atoms with van der Waals surface area (Å²) in [7, 11) is 0. The van der Waals surface area contributed by atoms with E-state index >= 15 is 0 Å². The normalized spacial score (nSPS) is 11.5. The Morgan fingerprint density at radius 2 is 1.77 bits per heavy atom. The van der Waals surface area contributed by atoms with Crippen molar-refractivity contribution >= 4 is 34.6 Å². The highest BCUT2D eigenvalue weighted by Gasteiger charge is 2.15. The van der Waals surface area contributed by atoms with Crippen LogP contribution >= 0.6 is 0 Å². The summed E-state index contributed by atoms with van der Waals surface area (Å²) in [4.78, 5) is 35.5. The minimum atomic E-state index is -0.582. The van der Waals surface area contributed by atoms with Crippen molar-refractivity contribution in [1.29, 1.82) is 0 Å². The maximum atomic E-state index is 12.0. The fourth-order valence-electron chi connectivity index (χ4n) is 2.76. The van der Waals surface area contributed by atoms with Gasteiger partial charge in [-0.15, -0.1) is 0 Å². The molecule has 0 spiro atoms. The van der Waals surface area contributed by atoms with E-state index in [1.54, 1.807) is 31.2 Å². The SMILES string of the molecule is C[C@H](NC(=O)COC(=O)CCNC(=O)Nc1ccccc1)c1cc2ccccc2o1. The minimum absolute atomic E-state index is 0.0470.